The number of benzene rings is 1. The van der Waals surface area contributed by atoms with Crippen molar-refractivity contribution in [2.75, 3.05) is 20.2 Å². The van der Waals surface area contributed by atoms with Gasteiger partial charge < -0.3 is 4.74 Å². The fraction of sp³-hybridized carbons (Fsp3) is 0.500. The van der Waals surface area contributed by atoms with E-state index in [4.69, 9.17) is 4.74 Å². The highest BCUT2D eigenvalue weighted by atomic mass is 19.1. The van der Waals surface area contributed by atoms with Crippen LogP contribution in [0.25, 0.3) is 0 Å². The van der Waals surface area contributed by atoms with Gasteiger partial charge in [0, 0.05) is 38.4 Å². The van der Waals surface area contributed by atoms with Gasteiger partial charge in [-0.2, -0.15) is 4.39 Å². The molecule has 0 radical (unpaired) electrons. The summed E-state index contributed by atoms with van der Waals surface area (Å²) in [4.78, 5) is 12.0. The van der Waals surface area contributed by atoms with Crippen molar-refractivity contribution in [1.82, 2.24) is 4.90 Å². The van der Waals surface area contributed by atoms with Gasteiger partial charge in [0.25, 0.3) is 0 Å². The van der Waals surface area contributed by atoms with E-state index in [-0.39, 0.29) is 6.10 Å². The van der Waals surface area contributed by atoms with Crippen LogP contribution in [-0.4, -0.2) is 36.1 Å². The zero-order chi connectivity index (χ0) is 13.1. The lowest BCUT2D eigenvalue weighted by atomic mass is 10.1. The molecule has 0 amide bonds. The van der Waals surface area contributed by atoms with E-state index >= 15 is 0 Å². The Labute approximate surface area is 104 Å². The molecule has 1 aromatic rings. The van der Waals surface area contributed by atoms with Crippen LogP contribution < -0.4 is 0 Å². The third-order valence-corrected chi connectivity index (χ3v) is 3.21. The molecule has 18 heavy (non-hydrogen) atoms. The molecular weight excluding hydrogens is 239 g/mol. The van der Waals surface area contributed by atoms with Crippen LogP contribution in [-0.2, 0) is 11.3 Å². The maximum Gasteiger partial charge on any atom is 0.305 e. The maximum atomic E-state index is 13.9. The van der Waals surface area contributed by atoms with Gasteiger partial charge in [0.15, 0.2) is 0 Å². The van der Waals surface area contributed by atoms with Gasteiger partial charge in [-0.25, -0.2) is 0 Å². The molecule has 5 nitrogen and oxygen atoms in total. The minimum atomic E-state index is -0.733. The highest BCUT2D eigenvalue weighted by molar-refractivity contribution is 5.36. The number of nitrogens with zero attached hydrogens (tertiary/aromatic N) is 2. The number of nitro benzene ring substituents is 1. The SMILES string of the molecule is COC1CCN(Cc2cccc([N+](=O)[O-])c2F)C1. The molecular formula is C12H15FN2O3. The van der Waals surface area contributed by atoms with Crippen molar-refractivity contribution in [3.05, 3.63) is 39.7 Å². The number of likely N-dealkylation sites (tertiary alicyclic amines) is 1. The van der Waals surface area contributed by atoms with Crippen LogP contribution in [0.15, 0.2) is 18.2 Å². The van der Waals surface area contributed by atoms with Crippen LogP contribution in [0.5, 0.6) is 0 Å². The summed E-state index contributed by atoms with van der Waals surface area (Å²) in [5.41, 5.74) is -0.101. The summed E-state index contributed by atoms with van der Waals surface area (Å²) in [6.45, 7) is 1.94. The number of nitro groups is 1. The lowest BCUT2D eigenvalue weighted by Gasteiger charge is -2.15. The Kier molecular flexibility index (Phi) is 3.88. The monoisotopic (exact) mass is 254 g/mol. The summed E-state index contributed by atoms with van der Waals surface area (Å²) < 4.78 is 19.1. The molecule has 0 spiro atoms. The average molecular weight is 254 g/mol. The smallest absolute Gasteiger partial charge is 0.305 e. The predicted octanol–water partition coefficient (Wildman–Crippen LogP) is 1.95. The first-order valence-electron chi connectivity index (χ1n) is 5.78. The van der Waals surface area contributed by atoms with E-state index in [0.717, 1.165) is 19.5 Å². The predicted molar refractivity (Wildman–Crippen MR) is 63.7 cm³/mol. The van der Waals surface area contributed by atoms with Crippen molar-refractivity contribution < 1.29 is 14.1 Å². The van der Waals surface area contributed by atoms with Gasteiger partial charge in [0.05, 0.1) is 11.0 Å². The van der Waals surface area contributed by atoms with Crippen LogP contribution in [0.2, 0.25) is 0 Å². The third kappa shape index (κ3) is 2.65. The van der Waals surface area contributed by atoms with E-state index in [9.17, 15) is 14.5 Å². The first-order valence-corrected chi connectivity index (χ1v) is 5.78. The van der Waals surface area contributed by atoms with Gasteiger partial charge in [-0.15, -0.1) is 0 Å². The fourth-order valence-corrected chi connectivity index (χ4v) is 2.20. The molecule has 6 heteroatoms. The van der Waals surface area contributed by atoms with Crippen LogP contribution in [0.1, 0.15) is 12.0 Å². The lowest BCUT2D eigenvalue weighted by molar-refractivity contribution is -0.387. The van der Waals surface area contributed by atoms with Crippen molar-refractivity contribution in [2.24, 2.45) is 0 Å². The Balaban J connectivity index is 2.10. The Morgan fingerprint density at radius 3 is 3.00 bits per heavy atom. The number of methoxy groups -OCH3 is 1. The lowest BCUT2D eigenvalue weighted by Crippen LogP contribution is -2.23. The number of halogens is 1. The molecule has 2 rings (SSSR count). The topological polar surface area (TPSA) is 55.6 Å². The van der Waals surface area contributed by atoms with Crippen molar-refractivity contribution in [2.45, 2.75) is 19.1 Å². The van der Waals surface area contributed by atoms with E-state index in [2.05, 4.69) is 0 Å². The maximum absolute atomic E-state index is 13.9. The quantitative estimate of drug-likeness (QED) is 0.608. The van der Waals surface area contributed by atoms with Gasteiger partial charge in [0.2, 0.25) is 5.82 Å². The standard InChI is InChI=1S/C12H15FN2O3/c1-18-10-5-6-14(8-10)7-9-3-2-4-11(12(9)13)15(16)17/h2-4,10H,5-8H2,1H3. The number of hydrogen-bond acceptors (Lipinski definition) is 4. The molecule has 98 valence electrons. The molecule has 1 fully saturated rings. The fourth-order valence-electron chi connectivity index (χ4n) is 2.20. The van der Waals surface area contributed by atoms with Crippen molar-refractivity contribution in [1.29, 1.82) is 0 Å². The molecule has 0 bridgehead atoms. The molecule has 0 saturated carbocycles. The van der Waals surface area contributed by atoms with E-state index < -0.39 is 16.4 Å². The summed E-state index contributed by atoms with van der Waals surface area (Å²) in [5, 5.41) is 10.6. The largest absolute Gasteiger partial charge is 0.380 e. The summed E-state index contributed by atoms with van der Waals surface area (Å²) in [7, 11) is 1.65. The molecule has 0 N–H and O–H groups in total. The number of hydrogen-bond donors (Lipinski definition) is 0. The van der Waals surface area contributed by atoms with Crippen LogP contribution in [0, 0.1) is 15.9 Å². The third-order valence-electron chi connectivity index (χ3n) is 3.21. The van der Waals surface area contributed by atoms with Crippen molar-refractivity contribution in [3.8, 4) is 0 Å². The van der Waals surface area contributed by atoms with E-state index in [1.165, 1.54) is 12.1 Å². The normalized spacial score (nSPS) is 20.2. The molecule has 1 heterocycles. The Morgan fingerprint density at radius 1 is 1.61 bits per heavy atom. The van der Waals surface area contributed by atoms with Crippen LogP contribution >= 0.6 is 0 Å². The minimum absolute atomic E-state index is 0.173. The first-order chi connectivity index (χ1) is 8.61. The van der Waals surface area contributed by atoms with E-state index in [0.29, 0.717) is 12.1 Å². The molecule has 1 aliphatic heterocycles. The molecule has 1 aliphatic rings. The van der Waals surface area contributed by atoms with Crippen molar-refractivity contribution >= 4 is 5.69 Å². The summed E-state index contributed by atoms with van der Waals surface area (Å²) in [6.07, 6.45) is 1.08. The van der Waals surface area contributed by atoms with E-state index in [1.807, 2.05) is 4.90 Å². The Hall–Kier alpha value is -1.53. The van der Waals surface area contributed by atoms with Gasteiger partial charge in [-0.1, -0.05) is 12.1 Å². The zero-order valence-corrected chi connectivity index (χ0v) is 10.1. The first kappa shape index (κ1) is 12.9. The van der Waals surface area contributed by atoms with Crippen molar-refractivity contribution in [3.63, 3.8) is 0 Å². The van der Waals surface area contributed by atoms with Crippen LogP contribution in [0.4, 0.5) is 10.1 Å². The summed E-state index contributed by atoms with van der Waals surface area (Å²) in [5.74, 6) is -0.733. The van der Waals surface area contributed by atoms with Gasteiger partial charge >= 0.3 is 5.69 Å². The highest BCUT2D eigenvalue weighted by Crippen LogP contribution is 2.23. The van der Waals surface area contributed by atoms with Gasteiger partial charge in [-0.05, 0) is 6.42 Å². The summed E-state index contributed by atoms with van der Waals surface area (Å²) >= 11 is 0. The van der Waals surface area contributed by atoms with Crippen LogP contribution in [0.3, 0.4) is 0 Å². The minimum Gasteiger partial charge on any atom is -0.380 e. The molecule has 0 aliphatic carbocycles. The summed E-state index contributed by atoms with van der Waals surface area (Å²) in [6, 6.07) is 4.28. The highest BCUT2D eigenvalue weighted by Gasteiger charge is 2.24. The number of rotatable bonds is 4. The Morgan fingerprint density at radius 2 is 2.39 bits per heavy atom. The van der Waals surface area contributed by atoms with E-state index in [1.54, 1.807) is 13.2 Å². The number of ether oxygens (including phenoxy) is 1. The average Bonchev–Trinajstić information content (AvgIpc) is 2.79. The van der Waals surface area contributed by atoms with Gasteiger partial charge in [0.1, 0.15) is 0 Å². The van der Waals surface area contributed by atoms with Gasteiger partial charge in [-0.3, -0.25) is 15.0 Å². The second kappa shape index (κ2) is 5.41. The second-order valence-electron chi connectivity index (χ2n) is 4.39. The molecule has 0 aromatic heterocycles. The molecule has 1 unspecified atom stereocenters. The second-order valence-corrected chi connectivity index (χ2v) is 4.39. The molecule has 1 atom stereocenters. The zero-order valence-electron chi connectivity index (χ0n) is 10.1. The molecule has 1 aromatic carbocycles. The molecule has 1 saturated heterocycles. The Bertz CT molecular complexity index is 453.